The number of aryl methyl sites for hydroxylation is 1. The van der Waals surface area contributed by atoms with Gasteiger partial charge in [0.25, 0.3) is 5.91 Å². The molecule has 7 nitrogen and oxygen atoms in total. The third-order valence-electron chi connectivity index (χ3n) is 4.56. The molecule has 0 aliphatic carbocycles. The first-order valence-corrected chi connectivity index (χ1v) is 11.7. The molecule has 3 rings (SSSR count). The lowest BCUT2D eigenvalue weighted by atomic mass is 10.1. The molecular formula is C23H24N2O5S. The number of anilines is 1. The van der Waals surface area contributed by atoms with Gasteiger partial charge in [0.05, 0.1) is 29.8 Å². The maximum Gasteiger partial charge on any atom is 0.253 e. The molecule has 3 aromatic rings. The van der Waals surface area contributed by atoms with Crippen LogP contribution in [0.25, 0.3) is 0 Å². The van der Waals surface area contributed by atoms with Crippen LogP contribution in [0.1, 0.15) is 28.1 Å². The van der Waals surface area contributed by atoms with E-state index in [0.29, 0.717) is 18.6 Å². The van der Waals surface area contributed by atoms with E-state index < -0.39 is 27.4 Å². The molecule has 2 amide bonds. The Morgan fingerprint density at radius 2 is 1.65 bits per heavy atom. The number of hydrogen-bond donors (Lipinski definition) is 2. The van der Waals surface area contributed by atoms with Gasteiger partial charge < -0.3 is 15.1 Å². The van der Waals surface area contributed by atoms with Crippen molar-refractivity contribution in [2.24, 2.45) is 0 Å². The first-order valence-electron chi connectivity index (χ1n) is 9.87. The van der Waals surface area contributed by atoms with Crippen LogP contribution in [-0.4, -0.2) is 31.7 Å². The highest BCUT2D eigenvalue weighted by atomic mass is 32.2. The number of benzene rings is 2. The Bertz CT molecular complexity index is 1110. The molecule has 0 aliphatic heterocycles. The van der Waals surface area contributed by atoms with Crippen molar-refractivity contribution in [3.63, 3.8) is 0 Å². The molecule has 1 heterocycles. The van der Waals surface area contributed by atoms with Gasteiger partial charge in [0, 0.05) is 0 Å². The Kier molecular flexibility index (Phi) is 7.61. The monoisotopic (exact) mass is 440 g/mol. The van der Waals surface area contributed by atoms with E-state index in [-0.39, 0.29) is 23.5 Å². The number of hydrogen-bond acceptors (Lipinski definition) is 5. The molecule has 162 valence electrons. The highest BCUT2D eigenvalue weighted by Gasteiger charge is 2.19. The summed E-state index contributed by atoms with van der Waals surface area (Å²) in [5, 5.41) is 5.25. The van der Waals surface area contributed by atoms with Crippen molar-refractivity contribution in [2.75, 3.05) is 16.8 Å². The van der Waals surface area contributed by atoms with Crippen LogP contribution in [-0.2, 0) is 27.6 Å². The molecule has 0 aliphatic rings. The molecule has 31 heavy (non-hydrogen) atoms. The normalized spacial score (nSPS) is 11.1. The highest BCUT2D eigenvalue weighted by Crippen LogP contribution is 2.16. The molecule has 2 N–H and O–H groups in total. The second-order valence-corrected chi connectivity index (χ2v) is 9.22. The SMILES string of the molecule is O=C(CS(=O)(=O)CCCc1ccccc1)Nc1ccccc1C(=O)NCc1ccco1. The van der Waals surface area contributed by atoms with Crippen LogP contribution in [0.2, 0.25) is 0 Å². The molecule has 0 atom stereocenters. The molecule has 0 spiro atoms. The second-order valence-electron chi connectivity index (χ2n) is 7.04. The lowest BCUT2D eigenvalue weighted by Gasteiger charge is -2.11. The fourth-order valence-corrected chi connectivity index (χ4v) is 4.27. The maximum atomic E-state index is 12.5. The fourth-order valence-electron chi connectivity index (χ4n) is 3.06. The Morgan fingerprint density at radius 1 is 0.903 bits per heavy atom. The molecule has 0 saturated heterocycles. The summed E-state index contributed by atoms with van der Waals surface area (Å²) in [6.07, 6.45) is 2.57. The molecule has 1 aromatic heterocycles. The lowest BCUT2D eigenvalue weighted by Crippen LogP contribution is -2.27. The van der Waals surface area contributed by atoms with Gasteiger partial charge in [-0.25, -0.2) is 8.42 Å². The van der Waals surface area contributed by atoms with Crippen LogP contribution in [0.5, 0.6) is 0 Å². The Morgan fingerprint density at radius 3 is 2.39 bits per heavy atom. The van der Waals surface area contributed by atoms with Crippen molar-refractivity contribution < 1.29 is 22.4 Å². The molecule has 0 fully saturated rings. The number of furan rings is 1. The predicted molar refractivity (Wildman–Crippen MR) is 118 cm³/mol. The van der Waals surface area contributed by atoms with Gasteiger partial charge in [-0.05, 0) is 42.7 Å². The van der Waals surface area contributed by atoms with E-state index in [9.17, 15) is 18.0 Å². The standard InChI is InChI=1S/C23H24N2O5S/c26-22(17-31(28,29)15-7-10-18-8-2-1-3-9-18)25-21-13-5-4-12-20(21)23(27)24-16-19-11-6-14-30-19/h1-6,8-9,11-14H,7,10,15-17H2,(H,24,27)(H,25,26). The Labute approximate surface area is 181 Å². The third kappa shape index (κ3) is 7.11. The molecule has 2 aromatic carbocycles. The van der Waals surface area contributed by atoms with Gasteiger partial charge in [-0.3, -0.25) is 9.59 Å². The molecule has 0 bridgehead atoms. The summed E-state index contributed by atoms with van der Waals surface area (Å²) in [5.74, 6) is -1.20. The fraction of sp³-hybridized carbons (Fsp3) is 0.217. The first-order chi connectivity index (χ1) is 14.9. The first kappa shape index (κ1) is 22.3. The average Bonchev–Trinajstić information content (AvgIpc) is 3.26. The average molecular weight is 441 g/mol. The quantitative estimate of drug-likeness (QED) is 0.504. The van der Waals surface area contributed by atoms with Crippen molar-refractivity contribution in [1.29, 1.82) is 0 Å². The van der Waals surface area contributed by atoms with Gasteiger partial charge in [0.2, 0.25) is 5.91 Å². The van der Waals surface area contributed by atoms with Crippen LogP contribution in [0.4, 0.5) is 5.69 Å². The van der Waals surface area contributed by atoms with Crippen molar-refractivity contribution in [1.82, 2.24) is 5.32 Å². The van der Waals surface area contributed by atoms with Crippen molar-refractivity contribution in [3.8, 4) is 0 Å². The smallest absolute Gasteiger partial charge is 0.253 e. The molecule has 0 saturated carbocycles. The summed E-state index contributed by atoms with van der Waals surface area (Å²) in [7, 11) is -3.57. The third-order valence-corrected chi connectivity index (χ3v) is 6.18. The van der Waals surface area contributed by atoms with Gasteiger partial charge >= 0.3 is 0 Å². The van der Waals surface area contributed by atoms with E-state index in [1.807, 2.05) is 30.3 Å². The summed E-state index contributed by atoms with van der Waals surface area (Å²) in [6.45, 7) is 0.198. The van der Waals surface area contributed by atoms with Crippen LogP contribution >= 0.6 is 0 Å². The Hall–Kier alpha value is -3.39. The summed E-state index contributed by atoms with van der Waals surface area (Å²) in [4.78, 5) is 24.8. The largest absolute Gasteiger partial charge is 0.467 e. The van der Waals surface area contributed by atoms with E-state index in [1.165, 1.54) is 6.26 Å². The van der Waals surface area contributed by atoms with Crippen LogP contribution in [0.15, 0.2) is 77.4 Å². The summed E-state index contributed by atoms with van der Waals surface area (Å²) in [5.41, 5.74) is 1.55. The van der Waals surface area contributed by atoms with E-state index in [1.54, 1.807) is 36.4 Å². The number of carbonyl (C=O) groups is 2. The van der Waals surface area contributed by atoms with Gasteiger partial charge in [-0.1, -0.05) is 42.5 Å². The number of nitrogens with one attached hydrogen (secondary N) is 2. The zero-order valence-electron chi connectivity index (χ0n) is 16.9. The molecular weight excluding hydrogens is 416 g/mol. The van der Waals surface area contributed by atoms with E-state index in [0.717, 1.165) is 5.56 Å². The highest BCUT2D eigenvalue weighted by molar-refractivity contribution is 7.92. The zero-order chi connectivity index (χ0) is 22.1. The minimum atomic E-state index is -3.57. The van der Waals surface area contributed by atoms with E-state index in [2.05, 4.69) is 10.6 Å². The summed E-state index contributed by atoms with van der Waals surface area (Å²) < 4.78 is 29.8. The summed E-state index contributed by atoms with van der Waals surface area (Å²) >= 11 is 0. The lowest BCUT2D eigenvalue weighted by molar-refractivity contribution is -0.113. The minimum Gasteiger partial charge on any atom is -0.467 e. The molecule has 8 heteroatoms. The number of para-hydroxylation sites is 1. The van der Waals surface area contributed by atoms with Gasteiger partial charge in [0.15, 0.2) is 9.84 Å². The number of carbonyl (C=O) groups excluding carboxylic acids is 2. The van der Waals surface area contributed by atoms with Crippen molar-refractivity contribution in [3.05, 3.63) is 89.9 Å². The number of amides is 2. The summed E-state index contributed by atoms with van der Waals surface area (Å²) in [6, 6.07) is 19.5. The number of rotatable bonds is 10. The number of sulfone groups is 1. The topological polar surface area (TPSA) is 105 Å². The Balaban J connectivity index is 1.54. The van der Waals surface area contributed by atoms with Crippen LogP contribution < -0.4 is 10.6 Å². The second kappa shape index (κ2) is 10.6. The van der Waals surface area contributed by atoms with Crippen LogP contribution in [0, 0.1) is 0 Å². The van der Waals surface area contributed by atoms with Gasteiger partial charge in [-0.2, -0.15) is 0 Å². The maximum absolute atomic E-state index is 12.5. The van der Waals surface area contributed by atoms with Gasteiger partial charge in [-0.15, -0.1) is 0 Å². The van der Waals surface area contributed by atoms with E-state index in [4.69, 9.17) is 4.42 Å². The van der Waals surface area contributed by atoms with Crippen molar-refractivity contribution >= 4 is 27.3 Å². The van der Waals surface area contributed by atoms with E-state index >= 15 is 0 Å². The molecule has 0 unspecified atom stereocenters. The predicted octanol–water partition coefficient (Wildman–Crippen LogP) is 3.20. The zero-order valence-corrected chi connectivity index (χ0v) is 17.7. The molecule has 0 radical (unpaired) electrons. The van der Waals surface area contributed by atoms with Gasteiger partial charge in [0.1, 0.15) is 11.5 Å². The van der Waals surface area contributed by atoms with Crippen LogP contribution in [0.3, 0.4) is 0 Å². The van der Waals surface area contributed by atoms with Crippen molar-refractivity contribution in [2.45, 2.75) is 19.4 Å². The minimum absolute atomic E-state index is 0.0827.